The van der Waals surface area contributed by atoms with E-state index in [1.165, 1.54) is 31.3 Å². The Balaban J connectivity index is 1.98. The molecule has 4 rings (SSSR count). The summed E-state index contributed by atoms with van der Waals surface area (Å²) in [7, 11) is 2.84. The van der Waals surface area contributed by atoms with Crippen LogP contribution in [0.2, 0.25) is 10.0 Å². The number of benzene rings is 3. The van der Waals surface area contributed by atoms with Gasteiger partial charge in [-0.25, -0.2) is 0 Å². The number of anilines is 1. The van der Waals surface area contributed by atoms with Crippen LogP contribution in [0.15, 0.2) is 72.3 Å². The van der Waals surface area contributed by atoms with Crippen LogP contribution in [-0.2, 0) is 9.59 Å². The van der Waals surface area contributed by atoms with Gasteiger partial charge >= 0.3 is 0 Å². The first-order valence-corrected chi connectivity index (χ1v) is 10.7. The highest BCUT2D eigenvalue weighted by atomic mass is 35.5. The molecule has 1 atom stereocenters. The van der Waals surface area contributed by atoms with Crippen molar-refractivity contribution < 1.29 is 24.2 Å². The molecule has 1 saturated heterocycles. The zero-order chi connectivity index (χ0) is 23.7. The molecule has 0 spiro atoms. The molecule has 0 aliphatic carbocycles. The molecule has 1 aliphatic rings. The van der Waals surface area contributed by atoms with Gasteiger partial charge in [-0.05, 0) is 35.9 Å². The van der Waals surface area contributed by atoms with Crippen LogP contribution in [0.5, 0.6) is 11.5 Å². The first kappa shape index (κ1) is 22.7. The summed E-state index contributed by atoms with van der Waals surface area (Å²) in [5, 5.41) is 12.1. The Morgan fingerprint density at radius 2 is 1.55 bits per heavy atom. The molecule has 1 N–H and O–H groups in total. The number of amides is 1. The third-order valence-electron chi connectivity index (χ3n) is 5.39. The molecule has 168 valence electrons. The maximum Gasteiger partial charge on any atom is 0.300 e. The minimum atomic E-state index is -0.876. The molecular formula is C25H19Cl2NO5. The van der Waals surface area contributed by atoms with Crippen LogP contribution in [0.25, 0.3) is 5.76 Å². The van der Waals surface area contributed by atoms with Crippen molar-refractivity contribution in [1.29, 1.82) is 0 Å². The average molecular weight is 484 g/mol. The van der Waals surface area contributed by atoms with Gasteiger partial charge in [0.1, 0.15) is 17.3 Å². The lowest BCUT2D eigenvalue weighted by Crippen LogP contribution is -2.29. The number of carbonyl (C=O) groups is 2. The lowest BCUT2D eigenvalue weighted by Gasteiger charge is -2.25. The summed E-state index contributed by atoms with van der Waals surface area (Å²) in [4.78, 5) is 27.8. The Kier molecular flexibility index (Phi) is 6.31. The number of ether oxygens (including phenoxy) is 2. The van der Waals surface area contributed by atoms with E-state index in [2.05, 4.69) is 0 Å². The third-order valence-corrected chi connectivity index (χ3v) is 5.94. The highest BCUT2D eigenvalue weighted by Crippen LogP contribution is 2.44. The summed E-state index contributed by atoms with van der Waals surface area (Å²) in [5.74, 6) is -1.49. The molecule has 1 aliphatic heterocycles. The van der Waals surface area contributed by atoms with E-state index in [-0.39, 0.29) is 27.7 Å². The molecule has 1 heterocycles. The topological polar surface area (TPSA) is 76.1 Å². The molecular weight excluding hydrogens is 465 g/mol. The lowest BCUT2D eigenvalue weighted by atomic mass is 9.94. The normalized spacial score (nSPS) is 17.3. The van der Waals surface area contributed by atoms with Gasteiger partial charge in [0.15, 0.2) is 0 Å². The second-order valence-corrected chi connectivity index (χ2v) is 8.09. The van der Waals surface area contributed by atoms with Gasteiger partial charge in [-0.2, -0.15) is 0 Å². The van der Waals surface area contributed by atoms with Crippen molar-refractivity contribution in [3.05, 3.63) is 93.5 Å². The number of aliphatic hydroxyl groups is 1. The lowest BCUT2D eigenvalue weighted by molar-refractivity contribution is -0.132. The fraction of sp³-hybridized carbons (Fsp3) is 0.120. The first-order valence-electron chi connectivity index (χ1n) is 9.90. The Morgan fingerprint density at radius 1 is 0.909 bits per heavy atom. The maximum atomic E-state index is 13.2. The van der Waals surface area contributed by atoms with Crippen LogP contribution in [0.4, 0.5) is 5.69 Å². The molecule has 1 fully saturated rings. The fourth-order valence-electron chi connectivity index (χ4n) is 3.84. The van der Waals surface area contributed by atoms with Crippen molar-refractivity contribution in [3.63, 3.8) is 0 Å². The van der Waals surface area contributed by atoms with Crippen molar-refractivity contribution in [2.24, 2.45) is 0 Å². The second kappa shape index (κ2) is 9.17. The van der Waals surface area contributed by atoms with Crippen LogP contribution in [0, 0.1) is 0 Å². The summed E-state index contributed by atoms with van der Waals surface area (Å²) in [5.41, 5.74) is 1.21. The molecule has 0 radical (unpaired) electrons. The van der Waals surface area contributed by atoms with E-state index in [9.17, 15) is 14.7 Å². The number of hydrogen-bond acceptors (Lipinski definition) is 5. The molecule has 3 aromatic rings. The van der Waals surface area contributed by atoms with E-state index in [1.807, 2.05) is 6.07 Å². The number of carbonyl (C=O) groups excluding carboxylic acids is 2. The van der Waals surface area contributed by atoms with Crippen LogP contribution in [-0.4, -0.2) is 31.0 Å². The summed E-state index contributed by atoms with van der Waals surface area (Å²) in [6, 6.07) is 17.6. The Labute approximate surface area is 200 Å². The fourth-order valence-corrected chi connectivity index (χ4v) is 4.20. The van der Waals surface area contributed by atoms with E-state index in [0.717, 1.165) is 0 Å². The second-order valence-electron chi connectivity index (χ2n) is 7.24. The van der Waals surface area contributed by atoms with Crippen molar-refractivity contribution in [3.8, 4) is 11.5 Å². The van der Waals surface area contributed by atoms with Gasteiger partial charge in [0.25, 0.3) is 11.7 Å². The largest absolute Gasteiger partial charge is 0.507 e. The quantitative estimate of drug-likeness (QED) is 0.288. The highest BCUT2D eigenvalue weighted by molar-refractivity contribution is 6.51. The minimum absolute atomic E-state index is 0.0798. The number of nitrogens with zero attached hydrogens (tertiary/aromatic N) is 1. The van der Waals surface area contributed by atoms with E-state index in [0.29, 0.717) is 16.3 Å². The number of rotatable bonds is 5. The van der Waals surface area contributed by atoms with Crippen molar-refractivity contribution in [2.75, 3.05) is 19.1 Å². The molecule has 3 aromatic carbocycles. The van der Waals surface area contributed by atoms with Gasteiger partial charge in [0, 0.05) is 16.8 Å². The highest BCUT2D eigenvalue weighted by Gasteiger charge is 2.47. The van der Waals surface area contributed by atoms with Crippen LogP contribution >= 0.6 is 23.2 Å². The van der Waals surface area contributed by atoms with Gasteiger partial charge in [-0.3, -0.25) is 14.5 Å². The maximum absolute atomic E-state index is 13.2. The molecule has 6 nitrogen and oxygen atoms in total. The van der Waals surface area contributed by atoms with Crippen LogP contribution < -0.4 is 14.4 Å². The number of methoxy groups -OCH3 is 2. The summed E-state index contributed by atoms with van der Waals surface area (Å²) in [6.07, 6.45) is 0. The van der Waals surface area contributed by atoms with Crippen molar-refractivity contribution >= 4 is 46.3 Å². The average Bonchev–Trinajstić information content (AvgIpc) is 3.10. The van der Waals surface area contributed by atoms with E-state index in [4.69, 9.17) is 32.7 Å². The zero-order valence-corrected chi connectivity index (χ0v) is 19.2. The van der Waals surface area contributed by atoms with Gasteiger partial charge in [0.05, 0.1) is 36.4 Å². The number of aliphatic hydroxyl groups excluding tert-OH is 1. The Morgan fingerprint density at radius 3 is 2.15 bits per heavy atom. The Bertz CT molecular complexity index is 1260. The van der Waals surface area contributed by atoms with Crippen molar-refractivity contribution in [2.45, 2.75) is 6.04 Å². The molecule has 0 aromatic heterocycles. The molecule has 0 saturated carbocycles. The summed E-state index contributed by atoms with van der Waals surface area (Å²) >= 11 is 12.2. The van der Waals surface area contributed by atoms with E-state index < -0.39 is 23.5 Å². The molecule has 1 amide bonds. The Hall–Kier alpha value is -3.48. The van der Waals surface area contributed by atoms with Gasteiger partial charge in [-0.15, -0.1) is 0 Å². The van der Waals surface area contributed by atoms with Gasteiger partial charge in [0.2, 0.25) is 0 Å². The number of halogens is 2. The van der Waals surface area contributed by atoms with Crippen molar-refractivity contribution in [1.82, 2.24) is 0 Å². The molecule has 1 unspecified atom stereocenters. The van der Waals surface area contributed by atoms with E-state index >= 15 is 0 Å². The van der Waals surface area contributed by atoms with Crippen LogP contribution in [0.1, 0.15) is 17.2 Å². The standard InChI is InChI=1S/C25H19Cl2NO5/c1-32-19-13-18(27)20(33-2)12-17(19)23(29)21-22(14-6-4-3-5-7-14)28(25(31)24(21)30)16-10-8-15(26)9-11-16/h3-13,22,29H,1-2H3/b23-21+. The van der Waals surface area contributed by atoms with E-state index in [1.54, 1.807) is 48.5 Å². The monoisotopic (exact) mass is 483 g/mol. The predicted octanol–water partition coefficient (Wildman–Crippen LogP) is 5.64. The number of hydrogen-bond donors (Lipinski definition) is 1. The number of Topliss-reactive ketones (excluding diaryl/α,β-unsaturated/α-hetero) is 1. The predicted molar refractivity (Wildman–Crippen MR) is 127 cm³/mol. The van der Waals surface area contributed by atoms with Gasteiger partial charge in [-0.1, -0.05) is 53.5 Å². The van der Waals surface area contributed by atoms with Crippen LogP contribution in [0.3, 0.4) is 0 Å². The molecule has 0 bridgehead atoms. The first-order chi connectivity index (χ1) is 15.9. The third kappa shape index (κ3) is 4.03. The minimum Gasteiger partial charge on any atom is -0.507 e. The smallest absolute Gasteiger partial charge is 0.300 e. The summed E-state index contributed by atoms with van der Waals surface area (Å²) < 4.78 is 10.6. The van der Waals surface area contributed by atoms with Gasteiger partial charge < -0.3 is 14.6 Å². The number of ketones is 1. The molecule has 8 heteroatoms. The zero-order valence-electron chi connectivity index (χ0n) is 17.7. The summed E-state index contributed by atoms with van der Waals surface area (Å²) in [6.45, 7) is 0. The SMILES string of the molecule is COc1cc(/C(O)=C2\C(=O)C(=O)N(c3ccc(Cl)cc3)C2c2ccccc2)c(OC)cc1Cl. The molecule has 33 heavy (non-hydrogen) atoms.